The molecule has 0 unspecified atom stereocenters. The maximum Gasteiger partial charge on any atom is 0.0645 e. The Bertz CT molecular complexity index is 3310. The highest BCUT2D eigenvalue weighted by atomic mass is 15.1. The minimum atomic E-state index is -0.888. The third kappa shape index (κ3) is 5.95. The molecule has 47 heavy (non-hydrogen) atoms. The summed E-state index contributed by atoms with van der Waals surface area (Å²) in [5.41, 5.74) is -2.43. The molecule has 0 saturated carbocycles. The lowest BCUT2D eigenvalue weighted by Gasteiger charge is -2.26. The van der Waals surface area contributed by atoms with Crippen LogP contribution in [0.1, 0.15) is 31.5 Å². The van der Waals surface area contributed by atoms with Gasteiger partial charge in [-0.05, 0) is 104 Å². The van der Waals surface area contributed by atoms with Gasteiger partial charge in [-0.15, -0.1) is 0 Å². The molecule has 0 aliphatic heterocycles. The molecule has 0 heterocycles. The van der Waals surface area contributed by atoms with Gasteiger partial charge in [0.1, 0.15) is 0 Å². The van der Waals surface area contributed by atoms with E-state index in [1.54, 1.807) is 48.5 Å². The highest BCUT2D eigenvalue weighted by molar-refractivity contribution is 5.91. The third-order valence-corrected chi connectivity index (χ3v) is 7.26. The SMILES string of the molecule is [2H]c1c([2H])c([2H])c(-c2ccc3ccc(-c4ccc(N(c5c([2H])c([2H])c(-c6c([2H])c([2H])c([2H])c([2H])c6[2H])c([2H])c5[2H])c5c([2H])c([2H])c(-c6c([2H])c([2H])c([2H])c([2H])c6[2H])c([2H])c5[2H])cc4)cc3c2)c([2H])c1[2H]. The summed E-state index contributed by atoms with van der Waals surface area (Å²) in [6.07, 6.45) is 0. The van der Waals surface area contributed by atoms with E-state index in [9.17, 15) is 5.48 Å². The van der Waals surface area contributed by atoms with Gasteiger partial charge in [0.05, 0.1) is 31.5 Å². The predicted octanol–water partition coefficient (Wildman–Crippen LogP) is 13.0. The number of anilines is 3. The van der Waals surface area contributed by atoms with E-state index < -0.39 is 161 Å². The molecule has 1 heteroatoms. The van der Waals surface area contributed by atoms with Gasteiger partial charge in [0.15, 0.2) is 0 Å². The van der Waals surface area contributed by atoms with Crippen LogP contribution in [-0.2, 0) is 0 Å². The largest absolute Gasteiger partial charge is 0.311 e. The van der Waals surface area contributed by atoms with E-state index in [-0.39, 0.29) is 23.3 Å². The molecule has 0 fully saturated rings. The van der Waals surface area contributed by atoms with Gasteiger partial charge in [-0.25, -0.2) is 0 Å². The van der Waals surface area contributed by atoms with Crippen molar-refractivity contribution in [3.8, 4) is 44.5 Å². The lowest BCUT2D eigenvalue weighted by atomic mass is 9.97. The van der Waals surface area contributed by atoms with Gasteiger partial charge in [0.2, 0.25) is 0 Å². The van der Waals surface area contributed by atoms with Crippen molar-refractivity contribution in [1.82, 2.24) is 0 Å². The minimum Gasteiger partial charge on any atom is -0.311 e. The highest BCUT2D eigenvalue weighted by Gasteiger charge is 2.14. The molecular formula is C46H33N. The first-order chi connectivity index (χ1) is 32.8. The predicted molar refractivity (Wildman–Crippen MR) is 200 cm³/mol. The molecule has 0 aliphatic carbocycles. The zero-order valence-corrected chi connectivity index (χ0v) is 24.2. The van der Waals surface area contributed by atoms with Gasteiger partial charge in [-0.3, -0.25) is 0 Å². The monoisotopic (exact) mass is 622 g/mol. The van der Waals surface area contributed by atoms with Gasteiger partial charge in [-0.1, -0.05) is 151 Å². The van der Waals surface area contributed by atoms with Crippen LogP contribution < -0.4 is 4.90 Å². The van der Waals surface area contributed by atoms with Crippen LogP contribution in [0.5, 0.6) is 0 Å². The number of fused-ring (bicyclic) bond motifs is 1. The molecule has 0 radical (unpaired) electrons. The summed E-state index contributed by atoms with van der Waals surface area (Å²) in [7, 11) is 0. The summed E-state index contributed by atoms with van der Waals surface area (Å²) in [5, 5.41) is 1.37. The molecular weight excluding hydrogens is 567 g/mol. The van der Waals surface area contributed by atoms with Crippen LogP contribution in [0.25, 0.3) is 55.3 Å². The minimum absolute atomic E-state index is 0.00818. The zero-order chi connectivity index (χ0) is 51.4. The van der Waals surface area contributed by atoms with Crippen LogP contribution >= 0.6 is 0 Å². The normalized spacial score (nSPS) is 17.8. The molecule has 0 amide bonds. The van der Waals surface area contributed by atoms with Gasteiger partial charge < -0.3 is 4.90 Å². The summed E-state index contributed by atoms with van der Waals surface area (Å²) in [5.74, 6) is 0. The van der Waals surface area contributed by atoms with E-state index in [4.69, 9.17) is 26.0 Å². The molecule has 0 N–H and O–H groups in total. The average molecular weight is 623 g/mol. The van der Waals surface area contributed by atoms with Crippen LogP contribution in [0.15, 0.2) is 200 Å². The zero-order valence-electron chi connectivity index (χ0n) is 47.2. The van der Waals surface area contributed by atoms with Crippen molar-refractivity contribution in [1.29, 1.82) is 0 Å². The van der Waals surface area contributed by atoms with E-state index >= 15 is 0 Å². The second kappa shape index (κ2) is 12.7. The fourth-order valence-corrected chi connectivity index (χ4v) is 4.98. The number of hydrogen-bond acceptors (Lipinski definition) is 1. The third-order valence-electron chi connectivity index (χ3n) is 7.26. The standard InChI is InChI=1S/C46H33N/c1-4-10-34(11-5-1)37-20-26-44(27-21-37)47(45-28-22-38(23-29-45)35-12-6-2-7-13-35)46-30-24-39(25-31-46)42-19-17-40-16-18-41(32-43(40)33-42)36-14-8-3-9-15-36/h1-33H/i1D,2D,3D,4D,5D,6D,7D,8D,9D,10D,11D,12D,13D,14D,15D,20D,21D,22D,23D,26D,27D,28D,29D. The Hall–Kier alpha value is -6.18. The van der Waals surface area contributed by atoms with Crippen molar-refractivity contribution in [3.63, 3.8) is 0 Å². The van der Waals surface area contributed by atoms with Crippen LogP contribution in [0.2, 0.25) is 0 Å². The van der Waals surface area contributed by atoms with Crippen LogP contribution in [-0.4, -0.2) is 0 Å². The number of benzene rings is 8. The fraction of sp³-hybridized carbons (Fsp3) is 0. The summed E-state index contributed by atoms with van der Waals surface area (Å²) in [6, 6.07) is -0.970. The first-order valence-corrected chi connectivity index (χ1v) is 14.2. The molecule has 0 spiro atoms. The van der Waals surface area contributed by atoms with E-state index in [2.05, 4.69) is 0 Å². The van der Waals surface area contributed by atoms with Crippen molar-refractivity contribution in [2.24, 2.45) is 0 Å². The molecule has 8 aromatic rings. The molecule has 8 aromatic carbocycles. The van der Waals surface area contributed by atoms with Crippen molar-refractivity contribution < 1.29 is 31.5 Å². The van der Waals surface area contributed by atoms with Crippen LogP contribution in [0.3, 0.4) is 0 Å². The molecule has 0 aliphatic rings. The van der Waals surface area contributed by atoms with Crippen molar-refractivity contribution in [2.75, 3.05) is 4.90 Å². The van der Waals surface area contributed by atoms with Gasteiger partial charge >= 0.3 is 0 Å². The Labute approximate surface area is 309 Å². The number of nitrogens with zero attached hydrogens (tertiary/aromatic N) is 1. The number of rotatable bonds is 7. The van der Waals surface area contributed by atoms with E-state index in [0.717, 1.165) is 10.3 Å². The Kier molecular flexibility index (Phi) is 3.48. The lowest BCUT2D eigenvalue weighted by Crippen LogP contribution is -2.09. The molecule has 1 nitrogen and oxygen atoms in total. The summed E-state index contributed by atoms with van der Waals surface area (Å²) < 4.78 is 198. The van der Waals surface area contributed by atoms with Crippen LogP contribution in [0, 0.1) is 0 Å². The Morgan fingerprint density at radius 2 is 0.638 bits per heavy atom. The summed E-state index contributed by atoms with van der Waals surface area (Å²) in [4.78, 5) is 0.926. The highest BCUT2D eigenvalue weighted by Crippen LogP contribution is 2.38. The molecule has 0 saturated heterocycles. The summed E-state index contributed by atoms with van der Waals surface area (Å²) >= 11 is 0. The van der Waals surface area contributed by atoms with Crippen LogP contribution in [0.4, 0.5) is 17.1 Å². The van der Waals surface area contributed by atoms with E-state index in [1.165, 1.54) is 12.1 Å². The quantitative estimate of drug-likeness (QED) is 0.171. The molecule has 0 atom stereocenters. The topological polar surface area (TPSA) is 3.24 Å². The Balaban J connectivity index is 1.36. The van der Waals surface area contributed by atoms with Gasteiger partial charge in [0.25, 0.3) is 0 Å². The molecule has 0 bridgehead atoms. The Morgan fingerprint density at radius 1 is 0.277 bits per heavy atom. The molecule has 8 rings (SSSR count). The fourth-order valence-electron chi connectivity index (χ4n) is 4.98. The van der Waals surface area contributed by atoms with Gasteiger partial charge in [-0.2, -0.15) is 0 Å². The summed E-state index contributed by atoms with van der Waals surface area (Å²) in [6.45, 7) is 0. The maximum absolute atomic E-state index is 9.32. The molecule has 0 aromatic heterocycles. The van der Waals surface area contributed by atoms with Crippen molar-refractivity contribution in [2.45, 2.75) is 0 Å². The smallest absolute Gasteiger partial charge is 0.0645 e. The van der Waals surface area contributed by atoms with E-state index in [1.807, 2.05) is 0 Å². The first kappa shape index (κ1) is 12.9. The van der Waals surface area contributed by atoms with Crippen molar-refractivity contribution >= 4 is 27.8 Å². The second-order valence-electron chi connectivity index (χ2n) is 10.1. The second-order valence-corrected chi connectivity index (χ2v) is 10.1. The van der Waals surface area contributed by atoms with Gasteiger partial charge in [0, 0.05) is 17.1 Å². The number of hydrogen-bond donors (Lipinski definition) is 0. The lowest BCUT2D eigenvalue weighted by molar-refractivity contribution is 1.28. The molecule has 222 valence electrons. The van der Waals surface area contributed by atoms with E-state index in [0.29, 0.717) is 22.1 Å². The first-order valence-electron chi connectivity index (χ1n) is 25.7. The van der Waals surface area contributed by atoms with Crippen molar-refractivity contribution in [3.05, 3.63) is 200 Å². The maximum atomic E-state index is 9.32. The Morgan fingerprint density at radius 3 is 1.09 bits per heavy atom. The average Bonchev–Trinajstić information content (AvgIpc) is 3.35.